The van der Waals surface area contributed by atoms with Crippen LogP contribution in [0.2, 0.25) is 5.02 Å². The van der Waals surface area contributed by atoms with Crippen LogP contribution in [-0.2, 0) is 11.3 Å². The van der Waals surface area contributed by atoms with Crippen molar-refractivity contribution in [2.75, 3.05) is 19.8 Å². The largest absolute Gasteiger partial charge is 0.489 e. The molecular formula is C15H18ClNO4. The van der Waals surface area contributed by atoms with E-state index in [1.807, 2.05) is 17.0 Å². The number of halogens is 1. The Bertz CT molecular complexity index is 549. The molecule has 1 aromatic carbocycles. The number of likely N-dealkylation sites (tertiary alicyclic amines) is 1. The molecule has 2 aliphatic heterocycles. The van der Waals surface area contributed by atoms with E-state index in [1.54, 1.807) is 0 Å². The van der Waals surface area contributed by atoms with E-state index in [2.05, 4.69) is 0 Å². The summed E-state index contributed by atoms with van der Waals surface area (Å²) in [7, 11) is 0. The lowest BCUT2D eigenvalue weighted by Crippen LogP contribution is -2.35. The first-order valence-corrected chi connectivity index (χ1v) is 7.58. The van der Waals surface area contributed by atoms with Gasteiger partial charge in [0.2, 0.25) is 0 Å². The van der Waals surface area contributed by atoms with E-state index in [0.717, 1.165) is 24.9 Å². The van der Waals surface area contributed by atoms with Gasteiger partial charge in [-0.15, -0.1) is 0 Å². The minimum Gasteiger partial charge on any atom is -0.489 e. The Morgan fingerprint density at radius 2 is 2.14 bits per heavy atom. The number of rotatable bonds is 3. The predicted molar refractivity (Wildman–Crippen MR) is 78.1 cm³/mol. The second-order valence-corrected chi connectivity index (χ2v) is 5.83. The smallest absolute Gasteiger partial charge is 0.320 e. The zero-order chi connectivity index (χ0) is 14.8. The van der Waals surface area contributed by atoms with Crippen molar-refractivity contribution in [3.63, 3.8) is 0 Å². The maximum Gasteiger partial charge on any atom is 0.320 e. The van der Waals surface area contributed by atoms with Crippen LogP contribution in [0.1, 0.15) is 24.8 Å². The van der Waals surface area contributed by atoms with Gasteiger partial charge in [-0.3, -0.25) is 9.69 Å². The normalized spacial score (nSPS) is 22.0. The molecule has 1 N–H and O–H groups in total. The topological polar surface area (TPSA) is 59.0 Å². The van der Waals surface area contributed by atoms with Crippen molar-refractivity contribution in [2.45, 2.75) is 31.8 Å². The van der Waals surface area contributed by atoms with E-state index in [9.17, 15) is 9.90 Å². The summed E-state index contributed by atoms with van der Waals surface area (Å²) < 4.78 is 11.3. The summed E-state index contributed by atoms with van der Waals surface area (Å²) in [6.07, 6.45) is 2.44. The molecule has 1 aromatic rings. The van der Waals surface area contributed by atoms with E-state index in [4.69, 9.17) is 21.1 Å². The van der Waals surface area contributed by atoms with Crippen molar-refractivity contribution in [1.29, 1.82) is 0 Å². The number of ether oxygens (including phenoxy) is 2. The molecule has 0 bridgehead atoms. The number of benzene rings is 1. The molecule has 2 aliphatic rings. The fraction of sp³-hybridized carbons (Fsp3) is 0.533. The molecule has 1 fully saturated rings. The van der Waals surface area contributed by atoms with Gasteiger partial charge in [0, 0.05) is 13.0 Å². The van der Waals surface area contributed by atoms with E-state index in [0.29, 0.717) is 42.7 Å². The molecule has 0 aliphatic carbocycles. The number of nitrogens with zero attached hydrogens (tertiary/aromatic N) is 1. The fourth-order valence-corrected chi connectivity index (χ4v) is 3.19. The molecular weight excluding hydrogens is 294 g/mol. The number of hydrogen-bond donors (Lipinski definition) is 1. The lowest BCUT2D eigenvalue weighted by atomic mass is 10.1. The van der Waals surface area contributed by atoms with E-state index >= 15 is 0 Å². The molecule has 21 heavy (non-hydrogen) atoms. The molecule has 0 amide bonds. The number of carbonyl (C=O) groups is 1. The second kappa shape index (κ2) is 6.12. The number of carboxylic acids is 1. The number of aliphatic carboxylic acids is 1. The Morgan fingerprint density at radius 3 is 2.95 bits per heavy atom. The van der Waals surface area contributed by atoms with E-state index in [-0.39, 0.29) is 0 Å². The summed E-state index contributed by atoms with van der Waals surface area (Å²) in [6, 6.07) is 3.34. The van der Waals surface area contributed by atoms with Crippen LogP contribution in [0.15, 0.2) is 12.1 Å². The maximum atomic E-state index is 11.2. The third kappa shape index (κ3) is 3.09. The summed E-state index contributed by atoms with van der Waals surface area (Å²) in [4.78, 5) is 13.2. The highest BCUT2D eigenvalue weighted by Gasteiger charge is 2.30. The first-order chi connectivity index (χ1) is 10.1. The van der Waals surface area contributed by atoms with E-state index < -0.39 is 12.0 Å². The summed E-state index contributed by atoms with van der Waals surface area (Å²) >= 11 is 6.26. The van der Waals surface area contributed by atoms with Crippen LogP contribution in [0.4, 0.5) is 0 Å². The Labute approximate surface area is 128 Å². The summed E-state index contributed by atoms with van der Waals surface area (Å²) in [5.74, 6) is 0.489. The molecule has 2 heterocycles. The quantitative estimate of drug-likeness (QED) is 0.929. The average molecular weight is 312 g/mol. The van der Waals surface area contributed by atoms with Crippen LogP contribution >= 0.6 is 11.6 Å². The molecule has 5 nitrogen and oxygen atoms in total. The van der Waals surface area contributed by atoms with Crippen molar-refractivity contribution in [3.8, 4) is 11.5 Å². The summed E-state index contributed by atoms with van der Waals surface area (Å²) in [5, 5.41) is 9.76. The number of carboxylic acid groups (broad SMARTS) is 1. The van der Waals surface area contributed by atoms with Gasteiger partial charge in [-0.25, -0.2) is 0 Å². The lowest BCUT2D eigenvalue weighted by molar-refractivity contribution is -0.142. The standard InChI is InChI=1S/C15H18ClNO4/c16-11-7-10(8-13-14(11)21-6-2-5-20-13)9-17-4-1-3-12(17)15(18)19/h7-8,12H,1-6,9H2,(H,18,19)/t12-/m1/s1. The van der Waals surface area contributed by atoms with Crippen molar-refractivity contribution in [2.24, 2.45) is 0 Å². The molecule has 0 radical (unpaired) electrons. The van der Waals surface area contributed by atoms with Crippen LogP contribution in [0.5, 0.6) is 11.5 Å². The molecule has 0 unspecified atom stereocenters. The first-order valence-electron chi connectivity index (χ1n) is 7.20. The highest BCUT2D eigenvalue weighted by atomic mass is 35.5. The Kier molecular flexibility index (Phi) is 4.22. The highest BCUT2D eigenvalue weighted by molar-refractivity contribution is 6.32. The Hall–Kier alpha value is -1.46. The lowest BCUT2D eigenvalue weighted by Gasteiger charge is -2.21. The van der Waals surface area contributed by atoms with Gasteiger partial charge >= 0.3 is 5.97 Å². The molecule has 0 spiro atoms. The van der Waals surface area contributed by atoms with Crippen LogP contribution in [0.3, 0.4) is 0 Å². The van der Waals surface area contributed by atoms with Crippen molar-refractivity contribution in [1.82, 2.24) is 4.90 Å². The SMILES string of the molecule is O=C(O)[C@H]1CCCN1Cc1cc(Cl)c2c(c1)OCCCO2. The highest BCUT2D eigenvalue weighted by Crippen LogP contribution is 2.38. The van der Waals surface area contributed by atoms with Gasteiger partial charge in [-0.2, -0.15) is 0 Å². The Balaban J connectivity index is 1.81. The number of fused-ring (bicyclic) bond motifs is 1. The van der Waals surface area contributed by atoms with Gasteiger partial charge in [0.05, 0.1) is 18.2 Å². The van der Waals surface area contributed by atoms with Crippen molar-refractivity contribution in [3.05, 3.63) is 22.7 Å². The Morgan fingerprint density at radius 1 is 1.33 bits per heavy atom. The summed E-state index contributed by atoms with van der Waals surface area (Å²) in [6.45, 7) is 2.56. The van der Waals surface area contributed by atoms with Gasteiger partial charge in [0.25, 0.3) is 0 Å². The number of hydrogen-bond acceptors (Lipinski definition) is 4. The predicted octanol–water partition coefficient (Wildman–Crippen LogP) is 2.55. The molecule has 3 rings (SSSR count). The van der Waals surface area contributed by atoms with Crippen LogP contribution in [-0.4, -0.2) is 41.8 Å². The third-order valence-electron chi connectivity index (χ3n) is 3.90. The zero-order valence-corrected chi connectivity index (χ0v) is 12.4. The molecule has 0 saturated carbocycles. The van der Waals surface area contributed by atoms with Gasteiger partial charge < -0.3 is 14.6 Å². The van der Waals surface area contributed by atoms with Crippen LogP contribution in [0, 0.1) is 0 Å². The van der Waals surface area contributed by atoms with Gasteiger partial charge in [-0.1, -0.05) is 11.6 Å². The average Bonchev–Trinajstić information content (AvgIpc) is 2.76. The minimum absolute atomic E-state index is 0.403. The summed E-state index contributed by atoms with van der Waals surface area (Å²) in [5.41, 5.74) is 0.956. The molecule has 114 valence electrons. The van der Waals surface area contributed by atoms with Crippen molar-refractivity contribution < 1.29 is 19.4 Å². The fourth-order valence-electron chi connectivity index (χ4n) is 2.91. The van der Waals surface area contributed by atoms with Gasteiger partial charge in [-0.05, 0) is 37.1 Å². The first kappa shape index (κ1) is 14.5. The van der Waals surface area contributed by atoms with E-state index in [1.165, 1.54) is 0 Å². The maximum absolute atomic E-state index is 11.2. The minimum atomic E-state index is -0.757. The third-order valence-corrected chi connectivity index (χ3v) is 4.18. The molecule has 0 aromatic heterocycles. The molecule has 1 atom stereocenters. The monoisotopic (exact) mass is 311 g/mol. The molecule has 6 heteroatoms. The van der Waals surface area contributed by atoms with Crippen LogP contribution < -0.4 is 9.47 Å². The molecule has 1 saturated heterocycles. The second-order valence-electron chi connectivity index (χ2n) is 5.42. The van der Waals surface area contributed by atoms with Gasteiger partial charge in [0.1, 0.15) is 6.04 Å². The van der Waals surface area contributed by atoms with Gasteiger partial charge in [0.15, 0.2) is 11.5 Å². The zero-order valence-electron chi connectivity index (χ0n) is 11.7. The van der Waals surface area contributed by atoms with Crippen LogP contribution in [0.25, 0.3) is 0 Å². The van der Waals surface area contributed by atoms with Crippen molar-refractivity contribution >= 4 is 17.6 Å².